The molecular formula is C7H17N3O. The molecule has 0 aliphatic carbocycles. The molecule has 0 aromatic heterocycles. The van der Waals surface area contributed by atoms with Crippen molar-refractivity contribution >= 4 is 5.78 Å². The maximum absolute atomic E-state index is 10.6. The fourth-order valence-electron chi connectivity index (χ4n) is 0.795. The molecule has 0 aliphatic rings. The third-order valence-corrected chi connectivity index (χ3v) is 1.61. The second-order valence-electron chi connectivity index (χ2n) is 2.67. The summed E-state index contributed by atoms with van der Waals surface area (Å²) in [6.45, 7) is 2.30. The Hall–Kier alpha value is -0.450. The first-order valence-electron chi connectivity index (χ1n) is 3.88. The number of nitrogens with one attached hydrogen (secondary N) is 1. The third kappa shape index (κ3) is 5.97. The van der Waals surface area contributed by atoms with Gasteiger partial charge in [-0.2, -0.15) is 0 Å². The van der Waals surface area contributed by atoms with Gasteiger partial charge in [-0.1, -0.05) is 6.42 Å². The lowest BCUT2D eigenvalue weighted by Crippen LogP contribution is -2.28. The minimum Gasteiger partial charge on any atom is -0.322 e. The fraction of sp³-hybridized carbons (Fsp3) is 0.857. The maximum Gasteiger partial charge on any atom is 0.146 e. The van der Waals surface area contributed by atoms with Crippen LogP contribution >= 0.6 is 0 Å². The van der Waals surface area contributed by atoms with E-state index < -0.39 is 0 Å². The van der Waals surface area contributed by atoms with Crippen LogP contribution in [-0.4, -0.2) is 18.4 Å². The highest BCUT2D eigenvalue weighted by atomic mass is 16.1. The lowest BCUT2D eigenvalue weighted by molar-refractivity contribution is -0.118. The van der Waals surface area contributed by atoms with Crippen molar-refractivity contribution in [3.05, 3.63) is 0 Å². The van der Waals surface area contributed by atoms with E-state index in [2.05, 4.69) is 5.43 Å². The fourth-order valence-corrected chi connectivity index (χ4v) is 0.795. The van der Waals surface area contributed by atoms with Gasteiger partial charge in [-0.15, -0.1) is 0 Å². The van der Waals surface area contributed by atoms with E-state index in [1.54, 1.807) is 0 Å². The van der Waals surface area contributed by atoms with Crippen LogP contribution in [0, 0.1) is 0 Å². The van der Waals surface area contributed by atoms with Crippen molar-refractivity contribution < 1.29 is 4.79 Å². The van der Waals surface area contributed by atoms with Crippen LogP contribution in [0.15, 0.2) is 0 Å². The quantitative estimate of drug-likeness (QED) is 0.278. The van der Waals surface area contributed by atoms with Crippen LogP contribution in [0.25, 0.3) is 0 Å². The van der Waals surface area contributed by atoms with Gasteiger partial charge in [0, 0.05) is 6.54 Å². The van der Waals surface area contributed by atoms with Crippen molar-refractivity contribution in [1.82, 2.24) is 5.43 Å². The van der Waals surface area contributed by atoms with Crippen LogP contribution in [-0.2, 0) is 4.79 Å². The number of carbonyl (C=O) groups excluding carboxylic acids is 1. The molecule has 4 nitrogen and oxygen atoms in total. The molecule has 0 fully saturated rings. The van der Waals surface area contributed by atoms with Gasteiger partial charge in [0.1, 0.15) is 5.78 Å². The van der Waals surface area contributed by atoms with Crippen molar-refractivity contribution in [3.63, 3.8) is 0 Å². The smallest absolute Gasteiger partial charge is 0.146 e. The summed E-state index contributed by atoms with van der Waals surface area (Å²) in [5.41, 5.74) is 8.04. The zero-order valence-electron chi connectivity index (χ0n) is 6.97. The number of hydrazine groups is 1. The summed E-state index contributed by atoms with van der Waals surface area (Å²) in [5.74, 6) is 5.12. The summed E-state index contributed by atoms with van der Waals surface area (Å²) < 4.78 is 0. The van der Waals surface area contributed by atoms with Crippen molar-refractivity contribution in [2.75, 3.05) is 6.54 Å². The lowest BCUT2D eigenvalue weighted by atomic mass is 10.1. The van der Waals surface area contributed by atoms with Gasteiger partial charge in [0.05, 0.1) is 6.04 Å². The van der Waals surface area contributed by atoms with Crippen molar-refractivity contribution in [3.8, 4) is 0 Å². The molecule has 0 saturated carbocycles. The highest BCUT2D eigenvalue weighted by Gasteiger charge is 2.05. The first kappa shape index (κ1) is 10.6. The Balaban J connectivity index is 3.17. The van der Waals surface area contributed by atoms with Crippen LogP contribution in [0.5, 0.6) is 0 Å². The zero-order chi connectivity index (χ0) is 8.69. The number of Topliss-reactive ketones (excluding diaryl/α,β-unsaturated/α-hetero) is 1. The first-order chi connectivity index (χ1) is 5.18. The van der Waals surface area contributed by atoms with Gasteiger partial charge in [0.25, 0.3) is 0 Å². The number of nitrogens with two attached hydrogens (primary N) is 2. The number of hydrogen-bond donors (Lipinski definition) is 3. The Bertz CT molecular complexity index is 116. The molecule has 0 rings (SSSR count). The lowest BCUT2D eigenvalue weighted by Gasteiger charge is -2.06. The summed E-state index contributed by atoms with van der Waals surface area (Å²) >= 11 is 0. The van der Waals surface area contributed by atoms with E-state index in [9.17, 15) is 4.79 Å². The highest BCUT2D eigenvalue weighted by molar-refractivity contribution is 5.80. The molecule has 0 spiro atoms. The van der Waals surface area contributed by atoms with Gasteiger partial charge in [0.15, 0.2) is 0 Å². The molecule has 0 saturated heterocycles. The van der Waals surface area contributed by atoms with Crippen molar-refractivity contribution in [1.29, 1.82) is 0 Å². The Morgan fingerprint density at radius 3 is 2.64 bits per heavy atom. The van der Waals surface area contributed by atoms with Crippen molar-refractivity contribution in [2.24, 2.45) is 11.6 Å². The van der Waals surface area contributed by atoms with Gasteiger partial charge in [-0.3, -0.25) is 16.1 Å². The summed E-state index contributed by atoms with van der Waals surface area (Å²) in [6, 6.07) is -0.284. The highest BCUT2D eigenvalue weighted by Crippen LogP contribution is 1.98. The van der Waals surface area contributed by atoms with E-state index >= 15 is 0 Å². The monoisotopic (exact) mass is 159 g/mol. The Morgan fingerprint density at radius 2 is 2.18 bits per heavy atom. The van der Waals surface area contributed by atoms with Crippen LogP contribution in [0.4, 0.5) is 0 Å². The topological polar surface area (TPSA) is 81.1 Å². The second-order valence-corrected chi connectivity index (χ2v) is 2.67. The van der Waals surface area contributed by atoms with E-state index in [0.29, 0.717) is 0 Å². The summed E-state index contributed by atoms with van der Waals surface area (Å²) in [6.07, 6.45) is 2.68. The standard InChI is InChI=1S/C7H17N3O/c1-6(11)7(8)4-2-3-5-10-9/h7,10H,2-5,8-9H2,1H3. The molecule has 4 heteroatoms. The number of carbonyl (C=O) groups is 1. The average Bonchev–Trinajstić information content (AvgIpc) is 1.97. The molecular weight excluding hydrogens is 142 g/mol. The van der Waals surface area contributed by atoms with Crippen LogP contribution in [0.3, 0.4) is 0 Å². The normalized spacial score (nSPS) is 13.0. The third-order valence-electron chi connectivity index (χ3n) is 1.61. The van der Waals surface area contributed by atoms with Crippen LogP contribution in [0.1, 0.15) is 26.2 Å². The molecule has 0 aliphatic heterocycles. The predicted octanol–water partition coefficient (Wildman–Crippen LogP) is -0.464. The van der Waals surface area contributed by atoms with Gasteiger partial charge in [-0.05, 0) is 19.8 Å². The van der Waals surface area contributed by atoms with Gasteiger partial charge in [-0.25, -0.2) is 0 Å². The molecule has 0 bridgehead atoms. The van der Waals surface area contributed by atoms with Gasteiger partial charge < -0.3 is 5.73 Å². The van der Waals surface area contributed by atoms with E-state index in [-0.39, 0.29) is 11.8 Å². The molecule has 0 heterocycles. The van der Waals surface area contributed by atoms with Gasteiger partial charge in [0.2, 0.25) is 0 Å². The molecule has 66 valence electrons. The molecule has 11 heavy (non-hydrogen) atoms. The molecule has 0 radical (unpaired) electrons. The predicted molar refractivity (Wildman–Crippen MR) is 44.7 cm³/mol. The molecule has 1 atom stereocenters. The maximum atomic E-state index is 10.6. The largest absolute Gasteiger partial charge is 0.322 e. The molecule has 5 N–H and O–H groups in total. The number of rotatable bonds is 6. The second kappa shape index (κ2) is 6.27. The zero-order valence-corrected chi connectivity index (χ0v) is 6.97. The average molecular weight is 159 g/mol. The number of unbranched alkanes of at least 4 members (excludes halogenated alkanes) is 1. The molecule has 0 aromatic rings. The summed E-state index contributed by atoms with van der Waals surface area (Å²) in [7, 11) is 0. The minimum atomic E-state index is -0.284. The minimum absolute atomic E-state index is 0.0608. The van der Waals surface area contributed by atoms with E-state index in [4.69, 9.17) is 11.6 Å². The van der Waals surface area contributed by atoms with E-state index in [1.807, 2.05) is 0 Å². The van der Waals surface area contributed by atoms with Gasteiger partial charge >= 0.3 is 0 Å². The number of ketones is 1. The van der Waals surface area contributed by atoms with E-state index in [1.165, 1.54) is 6.92 Å². The molecule has 0 aromatic carbocycles. The Kier molecular flexibility index (Phi) is 6.02. The molecule has 1 unspecified atom stereocenters. The summed E-state index contributed by atoms with van der Waals surface area (Å²) in [4.78, 5) is 10.6. The number of hydrogen-bond acceptors (Lipinski definition) is 4. The van der Waals surface area contributed by atoms with E-state index in [0.717, 1.165) is 25.8 Å². The van der Waals surface area contributed by atoms with Crippen molar-refractivity contribution in [2.45, 2.75) is 32.2 Å². The van der Waals surface area contributed by atoms with Crippen LogP contribution < -0.4 is 17.0 Å². The van der Waals surface area contributed by atoms with Crippen LogP contribution in [0.2, 0.25) is 0 Å². The Labute approximate surface area is 67.3 Å². The Morgan fingerprint density at radius 1 is 1.55 bits per heavy atom. The molecule has 0 amide bonds. The first-order valence-corrected chi connectivity index (χ1v) is 3.88. The summed E-state index contributed by atoms with van der Waals surface area (Å²) in [5, 5.41) is 0. The SMILES string of the molecule is CC(=O)C(N)CCCCNN.